The van der Waals surface area contributed by atoms with E-state index in [1.807, 2.05) is 19.1 Å². The SMILES string of the molecule is CCCCCCCCCCCCCCc1ccc(-c2ccc(C(C)OC(C)=O)cc2)cc1. The molecule has 0 amide bonds. The Hall–Kier alpha value is -2.09. The molecule has 0 heterocycles. The molecule has 0 aliphatic carbocycles. The van der Waals surface area contributed by atoms with E-state index in [1.54, 1.807) is 0 Å². The maximum atomic E-state index is 11.1. The van der Waals surface area contributed by atoms with Crippen LogP contribution in [0.5, 0.6) is 0 Å². The van der Waals surface area contributed by atoms with Crippen LogP contribution in [0.4, 0.5) is 0 Å². The Labute approximate surface area is 196 Å². The van der Waals surface area contributed by atoms with Gasteiger partial charge in [-0.25, -0.2) is 0 Å². The number of unbranched alkanes of at least 4 members (excludes halogenated alkanes) is 11. The fourth-order valence-electron chi connectivity index (χ4n) is 4.30. The number of ether oxygens (including phenoxy) is 1. The summed E-state index contributed by atoms with van der Waals surface area (Å²) in [7, 11) is 0. The summed E-state index contributed by atoms with van der Waals surface area (Å²) in [5, 5.41) is 0. The summed E-state index contributed by atoms with van der Waals surface area (Å²) >= 11 is 0. The van der Waals surface area contributed by atoms with Crippen LogP contribution in [0.2, 0.25) is 0 Å². The van der Waals surface area contributed by atoms with Gasteiger partial charge < -0.3 is 4.74 Å². The minimum absolute atomic E-state index is 0.209. The number of rotatable bonds is 16. The van der Waals surface area contributed by atoms with Crippen molar-refractivity contribution in [3.63, 3.8) is 0 Å². The summed E-state index contributed by atoms with van der Waals surface area (Å²) in [6.07, 6.45) is 17.7. The lowest BCUT2D eigenvalue weighted by Crippen LogP contribution is -2.04. The first-order valence-corrected chi connectivity index (χ1v) is 13.0. The maximum Gasteiger partial charge on any atom is 0.303 e. The van der Waals surface area contributed by atoms with E-state index in [4.69, 9.17) is 4.74 Å². The lowest BCUT2D eigenvalue weighted by molar-refractivity contribution is -0.145. The highest BCUT2D eigenvalue weighted by molar-refractivity contribution is 5.67. The summed E-state index contributed by atoms with van der Waals surface area (Å²) < 4.78 is 5.25. The summed E-state index contributed by atoms with van der Waals surface area (Å²) in [4.78, 5) is 11.1. The Kier molecular flexibility index (Phi) is 12.8. The number of carbonyl (C=O) groups is 1. The number of benzene rings is 2. The van der Waals surface area contributed by atoms with Crippen molar-refractivity contribution in [2.45, 2.75) is 110 Å². The molecule has 32 heavy (non-hydrogen) atoms. The van der Waals surface area contributed by atoms with Crippen molar-refractivity contribution in [3.8, 4) is 11.1 Å². The monoisotopic (exact) mass is 436 g/mol. The van der Waals surface area contributed by atoms with E-state index in [9.17, 15) is 4.79 Å². The van der Waals surface area contributed by atoms with Crippen LogP contribution < -0.4 is 0 Å². The molecule has 0 bridgehead atoms. The molecule has 1 unspecified atom stereocenters. The highest BCUT2D eigenvalue weighted by atomic mass is 16.5. The van der Waals surface area contributed by atoms with Crippen molar-refractivity contribution in [1.29, 1.82) is 0 Å². The van der Waals surface area contributed by atoms with E-state index in [2.05, 4.69) is 43.3 Å². The first kappa shape index (κ1) is 26.2. The Morgan fingerprint density at radius 2 is 1.12 bits per heavy atom. The van der Waals surface area contributed by atoms with E-state index in [0.29, 0.717) is 0 Å². The van der Waals surface area contributed by atoms with E-state index >= 15 is 0 Å². The molecule has 0 N–H and O–H groups in total. The van der Waals surface area contributed by atoms with Crippen LogP contribution in [-0.4, -0.2) is 5.97 Å². The Morgan fingerprint density at radius 3 is 1.59 bits per heavy atom. The summed E-state index contributed by atoms with van der Waals surface area (Å²) in [6.45, 7) is 5.64. The molecule has 2 heteroatoms. The average molecular weight is 437 g/mol. The lowest BCUT2D eigenvalue weighted by Gasteiger charge is -2.13. The molecule has 0 saturated carbocycles. The molecule has 0 radical (unpaired) electrons. The fraction of sp³-hybridized carbons (Fsp3) is 0.567. The van der Waals surface area contributed by atoms with Crippen LogP contribution in [0.1, 0.15) is 115 Å². The predicted octanol–water partition coefficient (Wildman–Crippen LogP) is 9.22. The van der Waals surface area contributed by atoms with Gasteiger partial charge in [-0.2, -0.15) is 0 Å². The van der Waals surface area contributed by atoms with E-state index < -0.39 is 0 Å². The number of hydrogen-bond acceptors (Lipinski definition) is 2. The first-order valence-electron chi connectivity index (χ1n) is 13.0. The van der Waals surface area contributed by atoms with Crippen molar-refractivity contribution >= 4 is 5.97 Å². The zero-order valence-electron chi connectivity index (χ0n) is 20.7. The molecule has 0 aliphatic rings. The molecule has 2 rings (SSSR count). The molecular weight excluding hydrogens is 392 g/mol. The third-order valence-corrected chi connectivity index (χ3v) is 6.33. The van der Waals surface area contributed by atoms with Crippen molar-refractivity contribution in [2.24, 2.45) is 0 Å². The maximum absolute atomic E-state index is 11.1. The van der Waals surface area contributed by atoms with Gasteiger partial charge in [-0.15, -0.1) is 0 Å². The molecule has 1 atom stereocenters. The molecule has 176 valence electrons. The molecule has 0 saturated heterocycles. The van der Waals surface area contributed by atoms with Gasteiger partial charge in [0.05, 0.1) is 0 Å². The smallest absolute Gasteiger partial charge is 0.303 e. The number of aryl methyl sites for hydroxylation is 1. The molecule has 0 aliphatic heterocycles. The van der Waals surface area contributed by atoms with Gasteiger partial charge >= 0.3 is 5.97 Å². The van der Waals surface area contributed by atoms with Crippen LogP contribution in [0.15, 0.2) is 48.5 Å². The lowest BCUT2D eigenvalue weighted by atomic mass is 9.99. The number of hydrogen-bond donors (Lipinski definition) is 0. The second-order valence-electron chi connectivity index (χ2n) is 9.21. The van der Waals surface area contributed by atoms with Crippen molar-refractivity contribution < 1.29 is 9.53 Å². The van der Waals surface area contributed by atoms with Crippen molar-refractivity contribution in [3.05, 3.63) is 59.7 Å². The van der Waals surface area contributed by atoms with Crippen LogP contribution in [-0.2, 0) is 16.0 Å². The average Bonchev–Trinajstić information content (AvgIpc) is 2.80. The van der Waals surface area contributed by atoms with Crippen LogP contribution >= 0.6 is 0 Å². The normalized spacial score (nSPS) is 12.0. The highest BCUT2D eigenvalue weighted by Gasteiger charge is 2.08. The Morgan fingerprint density at radius 1 is 0.688 bits per heavy atom. The number of esters is 1. The topological polar surface area (TPSA) is 26.3 Å². The zero-order chi connectivity index (χ0) is 23.0. The van der Waals surface area contributed by atoms with E-state index in [-0.39, 0.29) is 12.1 Å². The molecule has 0 spiro atoms. The minimum Gasteiger partial charge on any atom is -0.458 e. The predicted molar refractivity (Wildman–Crippen MR) is 137 cm³/mol. The minimum atomic E-state index is -0.245. The highest BCUT2D eigenvalue weighted by Crippen LogP contribution is 2.24. The molecular formula is C30H44O2. The van der Waals surface area contributed by atoms with Gasteiger partial charge in [-0.05, 0) is 42.0 Å². The zero-order valence-corrected chi connectivity index (χ0v) is 20.7. The Balaban J connectivity index is 1.60. The van der Waals surface area contributed by atoms with Crippen LogP contribution in [0.3, 0.4) is 0 Å². The second kappa shape index (κ2) is 15.7. The summed E-state index contributed by atoms with van der Waals surface area (Å²) in [5.74, 6) is -0.245. The molecule has 2 aromatic rings. The van der Waals surface area contributed by atoms with E-state index in [1.165, 1.54) is 107 Å². The van der Waals surface area contributed by atoms with Gasteiger partial charge in [0.25, 0.3) is 0 Å². The van der Waals surface area contributed by atoms with Crippen molar-refractivity contribution in [1.82, 2.24) is 0 Å². The largest absolute Gasteiger partial charge is 0.458 e. The van der Waals surface area contributed by atoms with Crippen LogP contribution in [0, 0.1) is 0 Å². The second-order valence-corrected chi connectivity index (χ2v) is 9.21. The van der Waals surface area contributed by atoms with Gasteiger partial charge in [0.1, 0.15) is 6.10 Å². The molecule has 0 aromatic heterocycles. The van der Waals surface area contributed by atoms with Gasteiger partial charge in [0, 0.05) is 6.92 Å². The molecule has 2 aromatic carbocycles. The van der Waals surface area contributed by atoms with Gasteiger partial charge in [0.2, 0.25) is 0 Å². The third-order valence-electron chi connectivity index (χ3n) is 6.33. The Bertz CT molecular complexity index is 745. The standard InChI is InChI=1S/C30H44O2/c1-4-5-6-7-8-9-10-11-12-13-14-15-16-27-17-19-29(20-18-27)30-23-21-28(22-24-30)25(2)32-26(3)31/h17-25H,4-16H2,1-3H3. The summed E-state index contributed by atoms with van der Waals surface area (Å²) in [6, 6.07) is 17.3. The number of carbonyl (C=O) groups excluding carboxylic acids is 1. The molecule has 2 nitrogen and oxygen atoms in total. The van der Waals surface area contributed by atoms with Gasteiger partial charge in [0.15, 0.2) is 0 Å². The third kappa shape index (κ3) is 10.5. The van der Waals surface area contributed by atoms with Gasteiger partial charge in [-0.3, -0.25) is 4.79 Å². The van der Waals surface area contributed by atoms with Crippen molar-refractivity contribution in [2.75, 3.05) is 0 Å². The fourth-order valence-corrected chi connectivity index (χ4v) is 4.30. The molecule has 0 fully saturated rings. The van der Waals surface area contributed by atoms with Gasteiger partial charge in [-0.1, -0.05) is 126 Å². The quantitative estimate of drug-likeness (QED) is 0.194. The first-order chi connectivity index (χ1) is 15.6. The summed E-state index contributed by atoms with van der Waals surface area (Å²) in [5.41, 5.74) is 4.88. The van der Waals surface area contributed by atoms with Crippen LogP contribution in [0.25, 0.3) is 11.1 Å². The van der Waals surface area contributed by atoms with E-state index in [0.717, 1.165) is 5.56 Å².